The zero-order chi connectivity index (χ0) is 13.7. The second kappa shape index (κ2) is 6.05. The Morgan fingerprint density at radius 3 is 2.68 bits per heavy atom. The molecule has 2 aromatic carbocycles. The summed E-state index contributed by atoms with van der Waals surface area (Å²) in [5.41, 5.74) is 3.11. The molecule has 0 atom stereocenters. The standard InChI is InChI=1S/C16H17NO2/c1-12-6-3-4-7-14(12)11-19-16-9-5-8-15(10-16)17-13(2)18/h3-10H,11H2,1-2H3,(H,17,18). The Morgan fingerprint density at radius 2 is 1.95 bits per heavy atom. The molecule has 1 amide bonds. The summed E-state index contributed by atoms with van der Waals surface area (Å²) in [6.45, 7) is 4.07. The third-order valence-electron chi connectivity index (χ3n) is 2.81. The molecule has 19 heavy (non-hydrogen) atoms. The molecule has 1 N–H and O–H groups in total. The smallest absolute Gasteiger partial charge is 0.221 e. The van der Waals surface area contributed by atoms with Gasteiger partial charge in [0.2, 0.25) is 5.91 Å². The Balaban J connectivity index is 2.03. The van der Waals surface area contributed by atoms with Crippen LogP contribution in [-0.4, -0.2) is 5.91 Å². The van der Waals surface area contributed by atoms with Crippen molar-refractivity contribution in [2.75, 3.05) is 5.32 Å². The number of amides is 1. The molecule has 0 heterocycles. The van der Waals surface area contributed by atoms with Crippen LogP contribution < -0.4 is 10.1 Å². The van der Waals surface area contributed by atoms with Crippen molar-refractivity contribution < 1.29 is 9.53 Å². The molecule has 0 spiro atoms. The van der Waals surface area contributed by atoms with Crippen LogP contribution in [0.3, 0.4) is 0 Å². The van der Waals surface area contributed by atoms with Crippen LogP contribution in [0, 0.1) is 6.92 Å². The molecule has 0 aliphatic rings. The first-order valence-corrected chi connectivity index (χ1v) is 6.20. The van der Waals surface area contributed by atoms with Gasteiger partial charge >= 0.3 is 0 Å². The van der Waals surface area contributed by atoms with E-state index in [0.29, 0.717) is 6.61 Å². The molecule has 3 heteroatoms. The summed E-state index contributed by atoms with van der Waals surface area (Å²) in [4.78, 5) is 11.0. The highest BCUT2D eigenvalue weighted by Crippen LogP contribution is 2.19. The minimum Gasteiger partial charge on any atom is -0.489 e. The van der Waals surface area contributed by atoms with Crippen LogP contribution in [0.1, 0.15) is 18.1 Å². The van der Waals surface area contributed by atoms with Gasteiger partial charge < -0.3 is 10.1 Å². The van der Waals surface area contributed by atoms with Crippen molar-refractivity contribution in [3.8, 4) is 5.75 Å². The molecular weight excluding hydrogens is 238 g/mol. The summed E-state index contributed by atoms with van der Waals surface area (Å²) in [7, 11) is 0. The van der Waals surface area contributed by atoms with Crippen molar-refractivity contribution in [3.63, 3.8) is 0 Å². The van der Waals surface area contributed by atoms with Gasteiger partial charge in [-0.2, -0.15) is 0 Å². The van der Waals surface area contributed by atoms with E-state index in [9.17, 15) is 4.79 Å². The van der Waals surface area contributed by atoms with Crippen molar-refractivity contribution in [1.82, 2.24) is 0 Å². The number of aryl methyl sites for hydroxylation is 1. The number of nitrogens with one attached hydrogen (secondary N) is 1. The molecule has 0 fully saturated rings. The lowest BCUT2D eigenvalue weighted by atomic mass is 10.1. The van der Waals surface area contributed by atoms with E-state index in [0.717, 1.165) is 17.0 Å². The lowest BCUT2D eigenvalue weighted by Crippen LogP contribution is -2.05. The molecule has 0 saturated heterocycles. The summed E-state index contributed by atoms with van der Waals surface area (Å²) in [6, 6.07) is 15.5. The molecular formula is C16H17NO2. The maximum absolute atomic E-state index is 11.0. The highest BCUT2D eigenvalue weighted by Gasteiger charge is 2.01. The summed E-state index contributed by atoms with van der Waals surface area (Å²) in [6.07, 6.45) is 0. The van der Waals surface area contributed by atoms with Crippen molar-refractivity contribution >= 4 is 11.6 Å². The van der Waals surface area contributed by atoms with Gasteiger partial charge in [-0.25, -0.2) is 0 Å². The van der Waals surface area contributed by atoms with E-state index in [-0.39, 0.29) is 5.91 Å². The van der Waals surface area contributed by atoms with E-state index in [2.05, 4.69) is 18.3 Å². The summed E-state index contributed by atoms with van der Waals surface area (Å²) in [5, 5.41) is 2.74. The average Bonchev–Trinajstić information content (AvgIpc) is 2.37. The van der Waals surface area contributed by atoms with Crippen LogP contribution in [0.15, 0.2) is 48.5 Å². The van der Waals surface area contributed by atoms with E-state index in [1.165, 1.54) is 12.5 Å². The molecule has 0 aromatic heterocycles. The summed E-state index contributed by atoms with van der Waals surface area (Å²) in [5.74, 6) is 0.658. The first-order valence-electron chi connectivity index (χ1n) is 6.20. The second-order valence-electron chi connectivity index (χ2n) is 4.42. The molecule has 98 valence electrons. The largest absolute Gasteiger partial charge is 0.489 e. The maximum atomic E-state index is 11.0. The third kappa shape index (κ3) is 3.85. The average molecular weight is 255 g/mol. The topological polar surface area (TPSA) is 38.3 Å². The fraction of sp³-hybridized carbons (Fsp3) is 0.188. The number of benzene rings is 2. The highest BCUT2D eigenvalue weighted by molar-refractivity contribution is 5.88. The number of hydrogen-bond acceptors (Lipinski definition) is 2. The molecule has 3 nitrogen and oxygen atoms in total. The number of carbonyl (C=O) groups excluding carboxylic acids is 1. The number of rotatable bonds is 4. The van der Waals surface area contributed by atoms with Crippen molar-refractivity contribution in [2.24, 2.45) is 0 Å². The molecule has 0 saturated carbocycles. The molecule has 0 radical (unpaired) electrons. The second-order valence-corrected chi connectivity index (χ2v) is 4.42. The molecule has 2 rings (SSSR count). The van der Waals surface area contributed by atoms with E-state index < -0.39 is 0 Å². The molecule has 0 bridgehead atoms. The van der Waals surface area contributed by atoms with Crippen LogP contribution in [0.4, 0.5) is 5.69 Å². The fourth-order valence-corrected chi connectivity index (χ4v) is 1.80. The number of carbonyl (C=O) groups is 1. The SMILES string of the molecule is CC(=O)Nc1cccc(OCc2ccccc2C)c1. The predicted molar refractivity (Wildman–Crippen MR) is 76.3 cm³/mol. The first kappa shape index (κ1) is 13.1. The van der Waals surface area contributed by atoms with Gasteiger partial charge in [0.15, 0.2) is 0 Å². The predicted octanol–water partition coefficient (Wildman–Crippen LogP) is 3.53. The van der Waals surface area contributed by atoms with E-state index in [4.69, 9.17) is 4.74 Å². The molecule has 0 aliphatic heterocycles. The van der Waals surface area contributed by atoms with Crippen molar-refractivity contribution in [1.29, 1.82) is 0 Å². The quantitative estimate of drug-likeness (QED) is 0.907. The third-order valence-corrected chi connectivity index (χ3v) is 2.81. The van der Waals surface area contributed by atoms with Crippen LogP contribution in [-0.2, 0) is 11.4 Å². The zero-order valence-corrected chi connectivity index (χ0v) is 11.1. The van der Waals surface area contributed by atoms with Crippen LogP contribution in [0.25, 0.3) is 0 Å². The normalized spacial score (nSPS) is 10.0. The van der Waals surface area contributed by atoms with Crippen molar-refractivity contribution in [3.05, 3.63) is 59.7 Å². The zero-order valence-electron chi connectivity index (χ0n) is 11.1. The Kier molecular flexibility index (Phi) is 4.18. The summed E-state index contributed by atoms with van der Waals surface area (Å²) < 4.78 is 5.74. The van der Waals surface area contributed by atoms with Crippen LogP contribution >= 0.6 is 0 Å². The molecule has 0 unspecified atom stereocenters. The van der Waals surface area contributed by atoms with Crippen LogP contribution in [0.5, 0.6) is 5.75 Å². The van der Waals surface area contributed by atoms with Gasteiger partial charge in [-0.05, 0) is 30.2 Å². The van der Waals surface area contributed by atoms with Crippen molar-refractivity contribution in [2.45, 2.75) is 20.5 Å². The lowest BCUT2D eigenvalue weighted by Gasteiger charge is -2.10. The Labute approximate surface area is 113 Å². The lowest BCUT2D eigenvalue weighted by molar-refractivity contribution is -0.114. The van der Waals surface area contributed by atoms with Gasteiger partial charge in [0, 0.05) is 18.7 Å². The monoisotopic (exact) mass is 255 g/mol. The first-order chi connectivity index (χ1) is 9.15. The van der Waals surface area contributed by atoms with E-state index >= 15 is 0 Å². The van der Waals surface area contributed by atoms with Gasteiger partial charge in [0.05, 0.1) is 0 Å². The number of hydrogen-bond donors (Lipinski definition) is 1. The minimum atomic E-state index is -0.0870. The van der Waals surface area contributed by atoms with Gasteiger partial charge in [-0.1, -0.05) is 30.3 Å². The van der Waals surface area contributed by atoms with Gasteiger partial charge in [0.25, 0.3) is 0 Å². The fourth-order valence-electron chi connectivity index (χ4n) is 1.80. The van der Waals surface area contributed by atoms with Gasteiger partial charge in [-0.3, -0.25) is 4.79 Å². The molecule has 2 aromatic rings. The molecule has 0 aliphatic carbocycles. The highest BCUT2D eigenvalue weighted by atomic mass is 16.5. The summed E-state index contributed by atoms with van der Waals surface area (Å²) >= 11 is 0. The Morgan fingerprint density at radius 1 is 1.16 bits per heavy atom. The van der Waals surface area contributed by atoms with Gasteiger partial charge in [0.1, 0.15) is 12.4 Å². The van der Waals surface area contributed by atoms with E-state index in [1.54, 1.807) is 0 Å². The number of ether oxygens (including phenoxy) is 1. The van der Waals surface area contributed by atoms with Crippen LogP contribution in [0.2, 0.25) is 0 Å². The Hall–Kier alpha value is -2.29. The Bertz CT molecular complexity index is 578. The minimum absolute atomic E-state index is 0.0870. The maximum Gasteiger partial charge on any atom is 0.221 e. The number of anilines is 1. The van der Waals surface area contributed by atoms with Gasteiger partial charge in [-0.15, -0.1) is 0 Å². The van der Waals surface area contributed by atoms with E-state index in [1.807, 2.05) is 42.5 Å².